The molecule has 2 rings (SSSR count). The Morgan fingerprint density at radius 1 is 1.26 bits per heavy atom. The Kier molecular flexibility index (Phi) is 6.98. The Morgan fingerprint density at radius 2 is 1.93 bits per heavy atom. The molecule has 0 bridgehead atoms. The van der Waals surface area contributed by atoms with E-state index in [9.17, 15) is 14.7 Å². The van der Waals surface area contributed by atoms with Gasteiger partial charge < -0.3 is 19.7 Å². The lowest BCUT2D eigenvalue weighted by Crippen LogP contribution is -2.45. The molecule has 1 amide bonds. The van der Waals surface area contributed by atoms with Crippen LogP contribution in [0.15, 0.2) is 28.8 Å². The van der Waals surface area contributed by atoms with Crippen LogP contribution in [-0.2, 0) is 22.6 Å². The molecule has 0 saturated carbocycles. The summed E-state index contributed by atoms with van der Waals surface area (Å²) in [6.07, 6.45) is 0.790. The van der Waals surface area contributed by atoms with Crippen LogP contribution in [0.25, 0.3) is 0 Å². The maximum absolute atomic E-state index is 12.2. The summed E-state index contributed by atoms with van der Waals surface area (Å²) in [5.74, 6) is -0.0586. The molecule has 0 saturated heterocycles. The van der Waals surface area contributed by atoms with Gasteiger partial charge in [-0.25, -0.2) is 4.79 Å². The molecule has 1 aromatic heterocycles. The van der Waals surface area contributed by atoms with Gasteiger partial charge in [-0.15, -0.1) is 0 Å². The maximum atomic E-state index is 12.2. The molecule has 1 aromatic carbocycles. The van der Waals surface area contributed by atoms with Crippen molar-refractivity contribution < 1.29 is 24.0 Å². The number of aryl methyl sites for hydroxylation is 2. The lowest BCUT2D eigenvalue weighted by Gasteiger charge is -2.20. The third-order valence-corrected chi connectivity index (χ3v) is 4.65. The van der Waals surface area contributed by atoms with Crippen molar-refractivity contribution in [2.45, 2.75) is 53.2 Å². The Morgan fingerprint density at radius 3 is 2.44 bits per heavy atom. The number of carboxylic acids is 1. The number of carbonyl (C=O) groups is 2. The molecule has 0 aliphatic heterocycles. The van der Waals surface area contributed by atoms with Gasteiger partial charge in [0.1, 0.15) is 24.2 Å². The molecule has 0 radical (unpaired) electrons. The fraction of sp³-hybridized carbons (Fsp3) is 0.450. The van der Waals surface area contributed by atoms with Crippen molar-refractivity contribution in [3.63, 3.8) is 0 Å². The van der Waals surface area contributed by atoms with E-state index in [4.69, 9.17) is 9.26 Å². The van der Waals surface area contributed by atoms with Gasteiger partial charge in [0.05, 0.1) is 17.7 Å². The number of carbonyl (C=O) groups excluding carboxylic acids is 1. The number of benzene rings is 1. The summed E-state index contributed by atoms with van der Waals surface area (Å²) in [7, 11) is 0. The highest BCUT2D eigenvalue weighted by atomic mass is 16.5. The molecular formula is C20H26N2O5. The number of amides is 1. The van der Waals surface area contributed by atoms with E-state index in [1.807, 2.05) is 27.7 Å². The topological polar surface area (TPSA) is 102 Å². The summed E-state index contributed by atoms with van der Waals surface area (Å²) >= 11 is 0. The molecule has 2 aromatic rings. The average molecular weight is 374 g/mol. The van der Waals surface area contributed by atoms with Crippen LogP contribution in [0.3, 0.4) is 0 Å². The number of hydrogen-bond donors (Lipinski definition) is 2. The van der Waals surface area contributed by atoms with Gasteiger partial charge >= 0.3 is 5.97 Å². The minimum atomic E-state index is -1.01. The van der Waals surface area contributed by atoms with E-state index >= 15 is 0 Å². The quantitative estimate of drug-likeness (QED) is 0.699. The van der Waals surface area contributed by atoms with E-state index in [-0.39, 0.29) is 18.2 Å². The largest absolute Gasteiger partial charge is 0.489 e. The van der Waals surface area contributed by atoms with Gasteiger partial charge in [0.25, 0.3) is 0 Å². The first kappa shape index (κ1) is 20.5. The second-order valence-electron chi connectivity index (χ2n) is 6.68. The fourth-order valence-corrected chi connectivity index (χ4v) is 2.66. The maximum Gasteiger partial charge on any atom is 0.326 e. The second kappa shape index (κ2) is 9.21. The number of rotatable bonds is 9. The zero-order valence-corrected chi connectivity index (χ0v) is 16.1. The number of hydrogen-bond acceptors (Lipinski definition) is 5. The first-order chi connectivity index (χ1) is 12.8. The fourth-order valence-electron chi connectivity index (χ4n) is 2.66. The minimum Gasteiger partial charge on any atom is -0.489 e. The van der Waals surface area contributed by atoms with Gasteiger partial charge in [-0.3, -0.25) is 4.79 Å². The smallest absolute Gasteiger partial charge is 0.326 e. The summed E-state index contributed by atoms with van der Waals surface area (Å²) in [6, 6.07) is 6.27. The minimum absolute atomic E-state index is 0.115. The van der Waals surface area contributed by atoms with E-state index in [0.717, 1.165) is 22.6 Å². The summed E-state index contributed by atoms with van der Waals surface area (Å²) in [6.45, 7) is 7.76. The molecule has 2 unspecified atom stereocenters. The summed E-state index contributed by atoms with van der Waals surface area (Å²) in [4.78, 5) is 23.5. The van der Waals surface area contributed by atoms with E-state index in [0.29, 0.717) is 18.8 Å². The van der Waals surface area contributed by atoms with Crippen LogP contribution in [-0.4, -0.2) is 28.2 Å². The molecule has 0 fully saturated rings. The highest BCUT2D eigenvalue weighted by Crippen LogP contribution is 2.18. The molecule has 2 atom stereocenters. The Hall–Kier alpha value is -2.83. The van der Waals surface area contributed by atoms with Crippen LogP contribution in [0.2, 0.25) is 0 Å². The third kappa shape index (κ3) is 5.57. The van der Waals surface area contributed by atoms with Gasteiger partial charge in [0, 0.05) is 0 Å². The van der Waals surface area contributed by atoms with E-state index in [1.54, 1.807) is 24.3 Å². The van der Waals surface area contributed by atoms with Crippen molar-refractivity contribution in [1.29, 1.82) is 0 Å². The normalized spacial score (nSPS) is 13.0. The zero-order valence-electron chi connectivity index (χ0n) is 16.1. The number of nitrogens with one attached hydrogen (secondary N) is 1. The van der Waals surface area contributed by atoms with Crippen LogP contribution >= 0.6 is 0 Å². The molecule has 27 heavy (non-hydrogen) atoms. The monoisotopic (exact) mass is 374 g/mol. The number of nitrogens with zero attached hydrogens (tertiary/aromatic N) is 1. The van der Waals surface area contributed by atoms with Gasteiger partial charge in [0.2, 0.25) is 5.91 Å². The Balaban J connectivity index is 1.91. The summed E-state index contributed by atoms with van der Waals surface area (Å²) < 4.78 is 10.8. The molecule has 0 aliphatic rings. The van der Waals surface area contributed by atoms with Gasteiger partial charge in [0.15, 0.2) is 0 Å². The molecule has 7 heteroatoms. The zero-order chi connectivity index (χ0) is 20.0. The van der Waals surface area contributed by atoms with E-state index in [2.05, 4.69) is 10.5 Å². The molecule has 0 aliphatic carbocycles. The number of ether oxygens (including phenoxy) is 1. The van der Waals surface area contributed by atoms with Gasteiger partial charge in [-0.1, -0.05) is 37.6 Å². The standard InChI is InChI=1S/C20H26N2O5/c1-5-12(2)19(20(24)25)21-18(23)10-15-6-8-16(9-7-15)26-11-17-13(3)22-27-14(17)4/h6-9,12,19H,5,10-11H2,1-4H3,(H,21,23)(H,24,25). The molecule has 146 valence electrons. The molecule has 2 N–H and O–H groups in total. The van der Waals surface area contributed by atoms with E-state index < -0.39 is 12.0 Å². The molecule has 7 nitrogen and oxygen atoms in total. The van der Waals surface area contributed by atoms with Gasteiger partial charge in [-0.05, 0) is 37.5 Å². The van der Waals surface area contributed by atoms with Crippen molar-refractivity contribution in [2.75, 3.05) is 0 Å². The lowest BCUT2D eigenvalue weighted by molar-refractivity contribution is -0.143. The van der Waals surface area contributed by atoms with Crippen LogP contribution in [0.5, 0.6) is 5.75 Å². The third-order valence-electron chi connectivity index (χ3n) is 4.65. The Bertz CT molecular complexity index is 763. The highest BCUT2D eigenvalue weighted by Gasteiger charge is 2.25. The first-order valence-corrected chi connectivity index (χ1v) is 8.97. The lowest BCUT2D eigenvalue weighted by atomic mass is 9.99. The van der Waals surface area contributed by atoms with Crippen molar-refractivity contribution in [1.82, 2.24) is 10.5 Å². The number of aromatic nitrogens is 1. The predicted molar refractivity (Wildman–Crippen MR) is 99.5 cm³/mol. The summed E-state index contributed by atoms with van der Waals surface area (Å²) in [5, 5.41) is 15.7. The average Bonchev–Trinajstić information content (AvgIpc) is 2.96. The Labute approximate surface area is 158 Å². The highest BCUT2D eigenvalue weighted by molar-refractivity contribution is 5.85. The van der Waals surface area contributed by atoms with Crippen molar-refractivity contribution in [3.05, 3.63) is 46.8 Å². The van der Waals surface area contributed by atoms with Crippen LogP contribution in [0.4, 0.5) is 0 Å². The summed E-state index contributed by atoms with van der Waals surface area (Å²) in [5.41, 5.74) is 2.50. The SMILES string of the molecule is CCC(C)C(NC(=O)Cc1ccc(OCc2c(C)noc2C)cc1)C(=O)O. The molecular weight excluding hydrogens is 348 g/mol. The van der Waals surface area contributed by atoms with Crippen molar-refractivity contribution >= 4 is 11.9 Å². The molecule has 1 heterocycles. The molecule has 0 spiro atoms. The van der Waals surface area contributed by atoms with E-state index in [1.165, 1.54) is 0 Å². The first-order valence-electron chi connectivity index (χ1n) is 8.97. The van der Waals surface area contributed by atoms with Crippen molar-refractivity contribution in [3.8, 4) is 5.75 Å². The number of carboxylic acid groups (broad SMARTS) is 1. The van der Waals surface area contributed by atoms with Crippen molar-refractivity contribution in [2.24, 2.45) is 5.92 Å². The van der Waals surface area contributed by atoms with Crippen LogP contribution in [0, 0.1) is 19.8 Å². The second-order valence-corrected chi connectivity index (χ2v) is 6.68. The van der Waals surface area contributed by atoms with Crippen LogP contribution < -0.4 is 10.1 Å². The van der Waals surface area contributed by atoms with Crippen LogP contribution in [0.1, 0.15) is 42.8 Å². The predicted octanol–water partition coefficient (Wildman–Crippen LogP) is 3.03. The van der Waals surface area contributed by atoms with Gasteiger partial charge in [-0.2, -0.15) is 0 Å². The number of aliphatic carboxylic acids is 1.